The second-order valence-electron chi connectivity index (χ2n) is 9.39. The highest BCUT2D eigenvalue weighted by molar-refractivity contribution is 7.91. The number of aryl methyl sites for hydroxylation is 1. The van der Waals surface area contributed by atoms with Crippen LogP contribution in [0, 0.1) is 0 Å². The Labute approximate surface area is 197 Å². The molecule has 4 heterocycles. The van der Waals surface area contributed by atoms with E-state index in [1.165, 1.54) is 0 Å². The number of oxime groups is 1. The highest BCUT2D eigenvalue weighted by atomic mass is 32.2. The van der Waals surface area contributed by atoms with Crippen molar-refractivity contribution in [2.75, 3.05) is 16.8 Å². The van der Waals surface area contributed by atoms with Crippen molar-refractivity contribution in [3.05, 3.63) is 18.0 Å². The van der Waals surface area contributed by atoms with Gasteiger partial charge in [-0.3, -0.25) is 0 Å². The van der Waals surface area contributed by atoms with E-state index in [9.17, 15) is 13.2 Å². The number of fused-ring (bicyclic) bond motifs is 1. The SMILES string of the molecule is CCn1ncc2c(NC3CCS(=O)(=O)CC3)c(C3=NOC4(CCC(OC(=O)O)CC4)C3)cnc21. The van der Waals surface area contributed by atoms with E-state index in [1.54, 1.807) is 12.4 Å². The Morgan fingerprint density at radius 1 is 1.26 bits per heavy atom. The van der Waals surface area contributed by atoms with E-state index >= 15 is 0 Å². The van der Waals surface area contributed by atoms with E-state index in [2.05, 4.69) is 20.6 Å². The Morgan fingerprint density at radius 2 is 2.00 bits per heavy atom. The summed E-state index contributed by atoms with van der Waals surface area (Å²) in [6, 6.07) is 0.0262. The molecule has 1 saturated heterocycles. The Bertz CT molecular complexity index is 1220. The van der Waals surface area contributed by atoms with Crippen LogP contribution in [0.25, 0.3) is 11.0 Å². The molecule has 34 heavy (non-hydrogen) atoms. The molecule has 2 aliphatic heterocycles. The molecule has 0 bridgehead atoms. The number of carboxylic acid groups (broad SMARTS) is 1. The molecule has 11 nitrogen and oxygen atoms in total. The predicted octanol–water partition coefficient (Wildman–Crippen LogP) is 2.94. The van der Waals surface area contributed by atoms with Gasteiger partial charge in [0, 0.05) is 30.8 Å². The largest absolute Gasteiger partial charge is 0.506 e. The molecule has 0 atom stereocenters. The molecule has 5 rings (SSSR count). The van der Waals surface area contributed by atoms with Crippen LogP contribution in [0.5, 0.6) is 0 Å². The maximum Gasteiger partial charge on any atom is 0.506 e. The van der Waals surface area contributed by atoms with Crippen LogP contribution >= 0.6 is 0 Å². The lowest BCUT2D eigenvalue weighted by atomic mass is 9.79. The van der Waals surface area contributed by atoms with Crippen LogP contribution in [0.2, 0.25) is 0 Å². The van der Waals surface area contributed by atoms with Crippen LogP contribution in [-0.4, -0.2) is 69.4 Å². The third-order valence-corrected chi connectivity index (χ3v) is 8.85. The summed E-state index contributed by atoms with van der Waals surface area (Å²) in [7, 11) is -2.97. The molecule has 0 radical (unpaired) electrons. The summed E-state index contributed by atoms with van der Waals surface area (Å²) in [5.41, 5.74) is 2.76. The van der Waals surface area contributed by atoms with Gasteiger partial charge < -0.3 is 20.0 Å². The molecule has 2 fully saturated rings. The number of nitrogens with one attached hydrogen (secondary N) is 1. The number of aromatic nitrogens is 3. The topological polar surface area (TPSA) is 145 Å². The van der Waals surface area contributed by atoms with Gasteiger partial charge in [0.25, 0.3) is 0 Å². The highest BCUT2D eigenvalue weighted by Gasteiger charge is 2.44. The van der Waals surface area contributed by atoms with Crippen LogP contribution < -0.4 is 5.32 Å². The number of hydrogen-bond acceptors (Lipinski definition) is 9. The molecule has 3 aliphatic rings. The molecular weight excluding hydrogens is 462 g/mol. The van der Waals surface area contributed by atoms with E-state index < -0.39 is 21.6 Å². The lowest BCUT2D eigenvalue weighted by Crippen LogP contribution is -2.37. The Balaban J connectivity index is 1.40. The van der Waals surface area contributed by atoms with Crippen LogP contribution in [0.3, 0.4) is 0 Å². The molecule has 2 aromatic rings. The minimum atomic E-state index is -2.97. The number of rotatable bonds is 5. The summed E-state index contributed by atoms with van der Waals surface area (Å²) in [6.45, 7) is 2.69. The van der Waals surface area contributed by atoms with Gasteiger partial charge in [-0.1, -0.05) is 5.16 Å². The van der Waals surface area contributed by atoms with Crippen molar-refractivity contribution in [3.8, 4) is 0 Å². The quantitative estimate of drug-likeness (QED) is 0.603. The third kappa shape index (κ3) is 4.42. The first-order chi connectivity index (χ1) is 16.3. The molecule has 1 aliphatic carbocycles. The summed E-state index contributed by atoms with van der Waals surface area (Å²) in [5, 5.41) is 22.2. The summed E-state index contributed by atoms with van der Waals surface area (Å²) >= 11 is 0. The Morgan fingerprint density at radius 3 is 2.68 bits per heavy atom. The zero-order chi connectivity index (χ0) is 23.9. The van der Waals surface area contributed by atoms with E-state index in [-0.39, 0.29) is 23.7 Å². The van der Waals surface area contributed by atoms with Gasteiger partial charge in [0.2, 0.25) is 0 Å². The van der Waals surface area contributed by atoms with Crippen molar-refractivity contribution in [1.29, 1.82) is 0 Å². The maximum atomic E-state index is 11.9. The van der Waals surface area contributed by atoms with Gasteiger partial charge in [-0.2, -0.15) is 5.10 Å². The normalized spacial score (nSPS) is 22.4. The molecule has 1 saturated carbocycles. The lowest BCUT2D eigenvalue weighted by molar-refractivity contribution is -0.0738. The Hall–Kier alpha value is -2.89. The minimum absolute atomic E-state index is 0.0262. The van der Waals surface area contributed by atoms with Crippen molar-refractivity contribution < 1.29 is 27.9 Å². The molecule has 0 amide bonds. The van der Waals surface area contributed by atoms with Crippen LogP contribution in [0.4, 0.5) is 10.5 Å². The first-order valence-corrected chi connectivity index (χ1v) is 13.6. The average molecular weight is 492 g/mol. The van der Waals surface area contributed by atoms with Crippen molar-refractivity contribution in [3.63, 3.8) is 0 Å². The van der Waals surface area contributed by atoms with Gasteiger partial charge in [0.05, 0.1) is 34.5 Å². The van der Waals surface area contributed by atoms with Gasteiger partial charge in [0.15, 0.2) is 5.65 Å². The van der Waals surface area contributed by atoms with Gasteiger partial charge in [-0.25, -0.2) is 22.9 Å². The minimum Gasteiger partial charge on any atom is -0.450 e. The van der Waals surface area contributed by atoms with Gasteiger partial charge in [0.1, 0.15) is 21.5 Å². The van der Waals surface area contributed by atoms with Gasteiger partial charge in [-0.15, -0.1) is 0 Å². The zero-order valence-corrected chi connectivity index (χ0v) is 19.9. The number of pyridine rings is 1. The predicted molar refractivity (Wildman–Crippen MR) is 125 cm³/mol. The second-order valence-corrected chi connectivity index (χ2v) is 11.7. The van der Waals surface area contributed by atoms with Crippen LogP contribution in [0.1, 0.15) is 57.4 Å². The van der Waals surface area contributed by atoms with Crippen molar-refractivity contribution >= 4 is 38.4 Å². The van der Waals surface area contributed by atoms with Crippen molar-refractivity contribution in [1.82, 2.24) is 14.8 Å². The smallest absolute Gasteiger partial charge is 0.450 e. The fourth-order valence-electron chi connectivity index (χ4n) is 5.18. The molecular formula is C22H29N5O6S. The van der Waals surface area contributed by atoms with Crippen LogP contribution in [-0.2, 0) is 26.0 Å². The molecule has 0 aromatic carbocycles. The van der Waals surface area contributed by atoms with Gasteiger partial charge in [-0.05, 0) is 45.4 Å². The summed E-state index contributed by atoms with van der Waals surface area (Å²) < 4.78 is 30.6. The maximum absolute atomic E-state index is 11.9. The van der Waals surface area contributed by atoms with E-state index in [0.29, 0.717) is 51.5 Å². The molecule has 2 N–H and O–H groups in total. The average Bonchev–Trinajstić information content (AvgIpc) is 3.41. The first kappa shape index (κ1) is 22.9. The molecule has 12 heteroatoms. The first-order valence-electron chi connectivity index (χ1n) is 11.7. The molecule has 2 aromatic heterocycles. The fraction of sp³-hybridized carbons (Fsp3) is 0.636. The van der Waals surface area contributed by atoms with E-state index in [1.807, 2.05) is 11.6 Å². The summed E-state index contributed by atoms with van der Waals surface area (Å²) in [4.78, 5) is 21.5. The Kier molecular flexibility index (Phi) is 5.86. The van der Waals surface area contributed by atoms with E-state index in [4.69, 9.17) is 14.7 Å². The van der Waals surface area contributed by atoms with Crippen LogP contribution in [0.15, 0.2) is 17.5 Å². The summed E-state index contributed by atoms with van der Waals surface area (Å²) in [5.74, 6) is 0.352. The van der Waals surface area contributed by atoms with Crippen molar-refractivity contribution in [2.24, 2.45) is 5.16 Å². The fourth-order valence-corrected chi connectivity index (χ4v) is 6.67. The number of hydrogen-bond donors (Lipinski definition) is 2. The number of nitrogens with zero attached hydrogens (tertiary/aromatic N) is 4. The molecule has 1 spiro atoms. The number of anilines is 1. The van der Waals surface area contributed by atoms with Crippen molar-refractivity contribution in [2.45, 2.75) is 76.2 Å². The third-order valence-electron chi connectivity index (χ3n) is 7.13. The standard InChI is InChI=1S/C22H29N5O6S/c1-2-27-20-17(13-24-27)19(25-14-5-9-34(30,31)10-6-14)16(12-23-20)18-11-22(33-26-18)7-3-15(4-8-22)32-21(28)29/h12-15H,2-11H2,1H3,(H,23,25)(H,28,29). The lowest BCUT2D eigenvalue weighted by Gasteiger charge is -2.34. The van der Waals surface area contributed by atoms with Gasteiger partial charge >= 0.3 is 6.16 Å². The zero-order valence-electron chi connectivity index (χ0n) is 19.1. The number of sulfone groups is 1. The van der Waals surface area contributed by atoms with E-state index in [0.717, 1.165) is 28.0 Å². The second kappa shape index (κ2) is 8.71. The number of ether oxygens (including phenoxy) is 1. The molecule has 184 valence electrons. The summed E-state index contributed by atoms with van der Waals surface area (Å²) in [6.07, 6.45) is 6.21. The number of carbonyl (C=O) groups is 1. The monoisotopic (exact) mass is 491 g/mol. The highest BCUT2D eigenvalue weighted by Crippen LogP contribution is 2.42. The molecule has 0 unspecified atom stereocenters.